The van der Waals surface area contributed by atoms with Gasteiger partial charge in [-0.15, -0.1) is 0 Å². The molecule has 1 N–H and O–H groups in total. The van der Waals surface area contributed by atoms with Gasteiger partial charge in [-0.1, -0.05) is 38.1 Å². The second kappa shape index (κ2) is 12.2. The zero-order valence-corrected chi connectivity index (χ0v) is 21.2. The van der Waals surface area contributed by atoms with Crippen molar-refractivity contribution < 1.29 is 32.7 Å². The van der Waals surface area contributed by atoms with Crippen molar-refractivity contribution in [3.05, 3.63) is 82.2 Å². The Balaban J connectivity index is 0.000000757. The first-order chi connectivity index (χ1) is 17.7. The molecule has 38 heavy (non-hydrogen) atoms. The van der Waals surface area contributed by atoms with Crippen molar-refractivity contribution in [3.63, 3.8) is 0 Å². The second-order valence-corrected chi connectivity index (χ2v) is 8.97. The molecule has 10 heteroatoms. The summed E-state index contributed by atoms with van der Waals surface area (Å²) in [5.74, 6) is -4.39. The third-order valence-electron chi connectivity index (χ3n) is 5.99. The molecule has 1 aliphatic heterocycles. The number of hydrogen-bond acceptors (Lipinski definition) is 5. The average Bonchev–Trinajstić information content (AvgIpc) is 3.10. The maximum absolute atomic E-state index is 13.4. The lowest BCUT2D eigenvalue weighted by Gasteiger charge is -2.38. The lowest BCUT2D eigenvalue weighted by molar-refractivity contribution is -0.141. The lowest BCUT2D eigenvalue weighted by atomic mass is 9.74. The van der Waals surface area contributed by atoms with Crippen molar-refractivity contribution in [2.24, 2.45) is 11.8 Å². The molecule has 0 aromatic heterocycles. The van der Waals surface area contributed by atoms with Crippen LogP contribution in [-0.4, -0.2) is 33.8 Å². The van der Waals surface area contributed by atoms with Crippen LogP contribution in [0.25, 0.3) is 0 Å². The first kappa shape index (κ1) is 29.8. The van der Waals surface area contributed by atoms with E-state index in [4.69, 9.17) is 10.4 Å². The molecule has 1 aromatic carbocycles. The number of rotatable bonds is 4. The summed E-state index contributed by atoms with van der Waals surface area (Å²) in [5, 5.41) is 26.9. The molecule has 2 atom stereocenters. The fourth-order valence-electron chi connectivity index (χ4n) is 3.95. The Hall–Kier alpha value is -4.44. The van der Waals surface area contributed by atoms with E-state index >= 15 is 0 Å². The van der Waals surface area contributed by atoms with Crippen LogP contribution < -0.4 is 0 Å². The van der Waals surface area contributed by atoms with E-state index in [1.807, 2.05) is 12.1 Å². The highest BCUT2D eigenvalue weighted by atomic mass is 19.4. The van der Waals surface area contributed by atoms with E-state index in [9.17, 15) is 32.8 Å². The van der Waals surface area contributed by atoms with Crippen LogP contribution in [-0.2, 0) is 14.4 Å². The molecule has 198 valence electrons. The fraction of sp³-hybridized carbons (Fsp3) is 0.321. The first-order valence-corrected chi connectivity index (χ1v) is 11.6. The summed E-state index contributed by atoms with van der Waals surface area (Å²) in [4.78, 5) is 36.7. The van der Waals surface area contributed by atoms with Crippen molar-refractivity contribution in [2.45, 2.75) is 46.2 Å². The molecule has 0 saturated heterocycles. The molecule has 0 fully saturated rings. The monoisotopic (exact) mass is 525 g/mol. The van der Waals surface area contributed by atoms with Gasteiger partial charge >= 0.3 is 12.1 Å². The highest BCUT2D eigenvalue weighted by Crippen LogP contribution is 2.43. The molecular weight excluding hydrogens is 499 g/mol. The van der Waals surface area contributed by atoms with Crippen LogP contribution >= 0.6 is 0 Å². The molecule has 1 heterocycles. The number of Topliss-reactive ketones (excluding diaryl/α,β-unsaturated/α-hetero) is 1. The second-order valence-electron chi connectivity index (χ2n) is 8.97. The number of alkyl halides is 3. The van der Waals surface area contributed by atoms with Crippen molar-refractivity contribution in [1.29, 1.82) is 10.5 Å². The molecule has 2 aliphatic rings. The van der Waals surface area contributed by atoms with Crippen LogP contribution in [0.15, 0.2) is 71.1 Å². The minimum absolute atomic E-state index is 0.0640. The number of carbonyl (C=O) groups excluding carboxylic acids is 2. The molecule has 7 nitrogen and oxygen atoms in total. The third-order valence-corrected chi connectivity index (χ3v) is 5.99. The number of halogens is 3. The standard InChI is InChI=1S/C24H18F3N3O2.C4H8O2/c1-14-20(13-29)22(17-9-7-16(12-28)8-10-17)21(15(2)31)23(32)30(14)19-6-4-3-5-18(11-19)24(25,26)27;1-3(2)4(5)6/h3-4,6-11,21-22H,5H2,1-2H3;3H,1-2H3,(H,5,6). The van der Waals surface area contributed by atoms with Gasteiger partial charge in [-0.2, -0.15) is 23.7 Å². The van der Waals surface area contributed by atoms with Crippen LogP contribution in [0, 0.1) is 34.5 Å². The largest absolute Gasteiger partial charge is 0.481 e. The lowest BCUT2D eigenvalue weighted by Crippen LogP contribution is -2.45. The van der Waals surface area contributed by atoms with E-state index in [2.05, 4.69) is 0 Å². The van der Waals surface area contributed by atoms with Crippen LogP contribution in [0.1, 0.15) is 51.2 Å². The highest BCUT2D eigenvalue weighted by molar-refractivity contribution is 6.04. The quantitative estimate of drug-likeness (QED) is 0.515. The fourth-order valence-corrected chi connectivity index (χ4v) is 3.95. The van der Waals surface area contributed by atoms with Crippen LogP contribution in [0.2, 0.25) is 0 Å². The van der Waals surface area contributed by atoms with Gasteiger partial charge in [-0.05, 0) is 50.1 Å². The number of carboxylic acid groups (broad SMARTS) is 1. The summed E-state index contributed by atoms with van der Waals surface area (Å²) in [6.45, 7) is 5.97. The van der Waals surface area contributed by atoms with Crippen molar-refractivity contribution in [2.75, 3.05) is 0 Å². The number of ketones is 1. The zero-order valence-electron chi connectivity index (χ0n) is 21.2. The summed E-state index contributed by atoms with van der Waals surface area (Å²) in [6.07, 6.45) is 0.0142. The number of hydrogen-bond donors (Lipinski definition) is 1. The number of allylic oxidation sites excluding steroid dienone is 7. The number of nitrogens with zero attached hydrogens (tertiary/aromatic N) is 3. The summed E-state index contributed by atoms with van der Waals surface area (Å²) in [7, 11) is 0. The van der Waals surface area contributed by atoms with E-state index < -0.39 is 41.2 Å². The number of carboxylic acids is 1. The molecule has 2 unspecified atom stereocenters. The number of aliphatic carboxylic acids is 1. The predicted molar refractivity (Wildman–Crippen MR) is 132 cm³/mol. The Labute approximate surface area is 218 Å². The Morgan fingerprint density at radius 3 is 2.16 bits per heavy atom. The van der Waals surface area contributed by atoms with E-state index in [1.165, 1.54) is 44.2 Å². The van der Waals surface area contributed by atoms with E-state index in [0.717, 1.165) is 11.0 Å². The minimum atomic E-state index is -4.59. The predicted octanol–water partition coefficient (Wildman–Crippen LogP) is 5.55. The summed E-state index contributed by atoms with van der Waals surface area (Å²) in [6, 6.07) is 10.2. The summed E-state index contributed by atoms with van der Waals surface area (Å²) >= 11 is 0. The summed E-state index contributed by atoms with van der Waals surface area (Å²) < 4.78 is 40.1. The van der Waals surface area contributed by atoms with Crippen LogP contribution in [0.3, 0.4) is 0 Å². The molecule has 1 aromatic rings. The molecule has 1 aliphatic carbocycles. The number of amides is 1. The van der Waals surface area contributed by atoms with Gasteiger partial charge in [-0.3, -0.25) is 19.3 Å². The number of nitriles is 2. The van der Waals surface area contributed by atoms with Gasteiger partial charge in [0.05, 0.1) is 29.2 Å². The number of carbonyl (C=O) groups is 3. The van der Waals surface area contributed by atoms with E-state index in [0.29, 0.717) is 11.1 Å². The molecule has 3 rings (SSSR count). The van der Waals surface area contributed by atoms with Gasteiger partial charge < -0.3 is 5.11 Å². The first-order valence-electron chi connectivity index (χ1n) is 11.6. The smallest absolute Gasteiger partial charge is 0.413 e. The van der Waals surface area contributed by atoms with Crippen molar-refractivity contribution >= 4 is 17.7 Å². The third kappa shape index (κ3) is 6.65. The zero-order chi connectivity index (χ0) is 28.8. The minimum Gasteiger partial charge on any atom is -0.481 e. The maximum atomic E-state index is 13.4. The van der Waals surface area contributed by atoms with Gasteiger partial charge in [0.1, 0.15) is 11.7 Å². The Kier molecular flexibility index (Phi) is 9.56. The van der Waals surface area contributed by atoms with Crippen molar-refractivity contribution in [1.82, 2.24) is 4.90 Å². The molecule has 0 bridgehead atoms. The van der Waals surface area contributed by atoms with Crippen LogP contribution in [0.5, 0.6) is 0 Å². The summed E-state index contributed by atoms with van der Waals surface area (Å²) in [5.41, 5.74) is 0.219. The van der Waals surface area contributed by atoms with E-state index in [-0.39, 0.29) is 29.3 Å². The molecule has 0 radical (unpaired) electrons. The normalized spacial score (nSPS) is 19.4. The van der Waals surface area contributed by atoms with Crippen molar-refractivity contribution in [3.8, 4) is 12.1 Å². The van der Waals surface area contributed by atoms with Gasteiger partial charge in [0.15, 0.2) is 0 Å². The van der Waals surface area contributed by atoms with Crippen LogP contribution in [0.4, 0.5) is 13.2 Å². The van der Waals surface area contributed by atoms with E-state index in [1.54, 1.807) is 26.0 Å². The average molecular weight is 526 g/mol. The Bertz CT molecular complexity index is 1320. The molecule has 0 saturated carbocycles. The Morgan fingerprint density at radius 2 is 1.71 bits per heavy atom. The van der Waals surface area contributed by atoms with Gasteiger partial charge in [0.2, 0.25) is 5.91 Å². The maximum Gasteiger partial charge on any atom is 0.413 e. The van der Waals surface area contributed by atoms with Gasteiger partial charge in [0.25, 0.3) is 0 Å². The molecule has 1 amide bonds. The van der Waals surface area contributed by atoms with Gasteiger partial charge in [-0.25, -0.2) is 0 Å². The topological polar surface area (TPSA) is 122 Å². The number of benzene rings is 1. The molecule has 0 spiro atoms. The molecular formula is C28H26F3N3O4. The SMILES string of the molecule is CC(=O)C1C(=O)N(C2=CC=CCC(C(F)(F)F)=C2)C(C)=C(C#N)C1c1ccc(C#N)cc1.CC(C)C(=O)O. The Morgan fingerprint density at radius 1 is 1.13 bits per heavy atom. The van der Waals surface area contributed by atoms with Gasteiger partial charge in [0, 0.05) is 22.9 Å². The highest BCUT2D eigenvalue weighted by Gasteiger charge is 2.45.